The van der Waals surface area contributed by atoms with Gasteiger partial charge in [-0.3, -0.25) is 10.1 Å². The topological polar surface area (TPSA) is 41.1 Å². The molecule has 1 saturated heterocycles. The number of nitrogens with one attached hydrogen (secondary N) is 2. The van der Waals surface area contributed by atoms with Gasteiger partial charge in [0.05, 0.1) is 6.04 Å². The summed E-state index contributed by atoms with van der Waals surface area (Å²) >= 11 is 0. The van der Waals surface area contributed by atoms with Crippen LogP contribution in [0.3, 0.4) is 0 Å². The van der Waals surface area contributed by atoms with Crippen molar-refractivity contribution in [3.05, 3.63) is 0 Å². The highest BCUT2D eigenvalue weighted by molar-refractivity contribution is 5.89. The molecule has 11 heavy (non-hydrogen) atoms. The van der Waals surface area contributed by atoms with E-state index in [1.165, 1.54) is 0 Å². The van der Waals surface area contributed by atoms with Crippen molar-refractivity contribution in [2.24, 2.45) is 0 Å². The van der Waals surface area contributed by atoms with Gasteiger partial charge in [0, 0.05) is 5.54 Å². The fraction of sp³-hybridized carbons (Fsp3) is 0.875. The van der Waals surface area contributed by atoms with Gasteiger partial charge in [0.25, 0.3) is 0 Å². The Morgan fingerprint density at radius 2 is 2.00 bits per heavy atom. The number of rotatable bonds is 1. The molecule has 1 amide bonds. The van der Waals surface area contributed by atoms with Crippen molar-refractivity contribution in [1.29, 1.82) is 0 Å². The molecular weight excluding hydrogens is 140 g/mol. The Labute approximate surface area is 67.5 Å². The lowest BCUT2D eigenvalue weighted by Crippen LogP contribution is -2.69. The number of β-lactam (4-membered cyclic amide) rings is 1. The minimum absolute atomic E-state index is 0.00926. The summed E-state index contributed by atoms with van der Waals surface area (Å²) in [6.45, 7) is 8.19. The summed E-state index contributed by atoms with van der Waals surface area (Å²) in [5.41, 5.74) is 0.0245. The van der Waals surface area contributed by atoms with Crippen molar-refractivity contribution in [3.8, 4) is 0 Å². The maximum absolute atomic E-state index is 10.9. The van der Waals surface area contributed by atoms with Crippen molar-refractivity contribution in [2.75, 3.05) is 0 Å². The van der Waals surface area contributed by atoms with Crippen LogP contribution < -0.4 is 10.6 Å². The first-order valence-corrected chi connectivity index (χ1v) is 3.98. The van der Waals surface area contributed by atoms with Crippen molar-refractivity contribution in [3.63, 3.8) is 0 Å². The molecule has 1 heterocycles. The quantitative estimate of drug-likeness (QED) is 0.535. The van der Waals surface area contributed by atoms with E-state index in [4.69, 9.17) is 0 Å². The van der Waals surface area contributed by atoms with Gasteiger partial charge in [-0.05, 0) is 27.7 Å². The average molecular weight is 156 g/mol. The predicted molar refractivity (Wildman–Crippen MR) is 44.3 cm³/mol. The van der Waals surface area contributed by atoms with E-state index in [0.29, 0.717) is 0 Å². The molecule has 0 spiro atoms. The minimum atomic E-state index is 0.00926. The summed E-state index contributed by atoms with van der Waals surface area (Å²) in [4.78, 5) is 10.9. The minimum Gasteiger partial charge on any atom is -0.350 e. The molecule has 64 valence electrons. The normalized spacial score (nSPS) is 31.1. The Kier molecular flexibility index (Phi) is 1.92. The third kappa shape index (κ3) is 1.93. The Morgan fingerprint density at radius 1 is 1.45 bits per heavy atom. The highest BCUT2D eigenvalue weighted by Gasteiger charge is 2.37. The zero-order chi connectivity index (χ0) is 8.65. The van der Waals surface area contributed by atoms with E-state index in [2.05, 4.69) is 31.4 Å². The molecule has 3 nitrogen and oxygen atoms in total. The molecular formula is C8H16N2O. The molecule has 3 heteroatoms. The van der Waals surface area contributed by atoms with Crippen LogP contribution in [0, 0.1) is 0 Å². The summed E-state index contributed by atoms with van der Waals surface area (Å²) in [5, 5.41) is 6.02. The van der Waals surface area contributed by atoms with E-state index in [1.807, 2.05) is 6.92 Å². The van der Waals surface area contributed by atoms with Gasteiger partial charge >= 0.3 is 0 Å². The van der Waals surface area contributed by atoms with Gasteiger partial charge in [-0.15, -0.1) is 0 Å². The first-order valence-electron chi connectivity index (χ1n) is 3.98. The number of amides is 1. The van der Waals surface area contributed by atoms with Crippen LogP contribution in [0.15, 0.2) is 0 Å². The fourth-order valence-electron chi connectivity index (χ4n) is 1.19. The lowest BCUT2D eigenvalue weighted by Gasteiger charge is -2.39. The Balaban J connectivity index is 2.43. The zero-order valence-corrected chi connectivity index (χ0v) is 7.56. The van der Waals surface area contributed by atoms with Crippen LogP contribution in [-0.2, 0) is 4.79 Å². The third-order valence-electron chi connectivity index (χ3n) is 1.74. The second-order valence-electron chi connectivity index (χ2n) is 4.17. The number of carbonyl (C=O) groups excluding carboxylic acids is 1. The fourth-order valence-corrected chi connectivity index (χ4v) is 1.19. The monoisotopic (exact) mass is 156 g/mol. The first kappa shape index (κ1) is 8.53. The number of hydrogen-bond donors (Lipinski definition) is 2. The Bertz CT molecular complexity index is 171. The molecule has 0 radical (unpaired) electrons. The maximum atomic E-state index is 10.9. The molecule has 1 aliphatic heterocycles. The molecule has 0 aromatic heterocycles. The standard InChI is InChI=1S/C8H16N2O/c1-5-6(7(11)9-5)10-8(2,3)4/h5-6,10H,1-4H3,(H,9,11)/t5-,6+/m1/s1. The lowest BCUT2D eigenvalue weighted by atomic mass is 9.97. The molecule has 0 aromatic carbocycles. The summed E-state index contributed by atoms with van der Waals surface area (Å²) in [7, 11) is 0. The van der Waals surface area contributed by atoms with Crippen molar-refractivity contribution < 1.29 is 4.79 Å². The van der Waals surface area contributed by atoms with Crippen LogP contribution in [0.2, 0.25) is 0 Å². The summed E-state index contributed by atoms with van der Waals surface area (Å²) in [5.74, 6) is 0.118. The van der Waals surface area contributed by atoms with E-state index in [1.54, 1.807) is 0 Å². The van der Waals surface area contributed by atoms with Gasteiger partial charge in [0.2, 0.25) is 5.91 Å². The molecule has 0 saturated carbocycles. The second-order valence-corrected chi connectivity index (χ2v) is 4.17. The summed E-state index contributed by atoms with van der Waals surface area (Å²) in [6.07, 6.45) is 0. The highest BCUT2D eigenvalue weighted by Crippen LogP contribution is 2.10. The van der Waals surface area contributed by atoms with Gasteiger partial charge in [-0.2, -0.15) is 0 Å². The zero-order valence-electron chi connectivity index (χ0n) is 7.56. The molecule has 0 unspecified atom stereocenters. The van der Waals surface area contributed by atoms with Gasteiger partial charge in [-0.25, -0.2) is 0 Å². The molecule has 0 bridgehead atoms. The Morgan fingerprint density at radius 3 is 2.18 bits per heavy atom. The van der Waals surface area contributed by atoms with Gasteiger partial charge in [0.1, 0.15) is 6.04 Å². The average Bonchev–Trinajstić information content (AvgIpc) is 1.83. The van der Waals surface area contributed by atoms with Crippen LogP contribution in [0.5, 0.6) is 0 Å². The number of carbonyl (C=O) groups is 1. The molecule has 1 rings (SSSR count). The van der Waals surface area contributed by atoms with Crippen LogP contribution in [-0.4, -0.2) is 23.5 Å². The second kappa shape index (κ2) is 2.48. The summed E-state index contributed by atoms with van der Waals surface area (Å²) in [6, 6.07) is 0.289. The third-order valence-corrected chi connectivity index (χ3v) is 1.74. The molecule has 2 atom stereocenters. The highest BCUT2D eigenvalue weighted by atomic mass is 16.2. The molecule has 0 aromatic rings. The molecule has 0 aliphatic carbocycles. The van der Waals surface area contributed by atoms with Crippen molar-refractivity contribution >= 4 is 5.91 Å². The van der Waals surface area contributed by atoms with Gasteiger partial charge in [-0.1, -0.05) is 0 Å². The van der Waals surface area contributed by atoms with E-state index < -0.39 is 0 Å². The van der Waals surface area contributed by atoms with Crippen LogP contribution in [0.4, 0.5) is 0 Å². The van der Waals surface area contributed by atoms with E-state index in [-0.39, 0.29) is 23.5 Å². The summed E-state index contributed by atoms with van der Waals surface area (Å²) < 4.78 is 0. The van der Waals surface area contributed by atoms with Crippen LogP contribution in [0.25, 0.3) is 0 Å². The van der Waals surface area contributed by atoms with E-state index in [9.17, 15) is 4.79 Å². The van der Waals surface area contributed by atoms with E-state index in [0.717, 1.165) is 0 Å². The van der Waals surface area contributed by atoms with Crippen molar-refractivity contribution in [2.45, 2.75) is 45.3 Å². The SMILES string of the molecule is C[C@H]1NC(=O)[C@H]1NC(C)(C)C. The smallest absolute Gasteiger partial charge is 0.239 e. The first-order chi connectivity index (χ1) is 4.90. The van der Waals surface area contributed by atoms with Gasteiger partial charge in [0.15, 0.2) is 0 Å². The Hall–Kier alpha value is -0.570. The van der Waals surface area contributed by atoms with Crippen LogP contribution >= 0.6 is 0 Å². The van der Waals surface area contributed by atoms with Gasteiger partial charge < -0.3 is 5.32 Å². The molecule has 1 aliphatic rings. The maximum Gasteiger partial charge on any atom is 0.239 e. The molecule has 1 fully saturated rings. The predicted octanol–water partition coefficient (Wildman–Crippen LogP) is 0.261. The number of hydrogen-bond acceptors (Lipinski definition) is 2. The van der Waals surface area contributed by atoms with Crippen molar-refractivity contribution in [1.82, 2.24) is 10.6 Å². The lowest BCUT2D eigenvalue weighted by molar-refractivity contribution is -0.131. The molecule has 2 N–H and O–H groups in total. The van der Waals surface area contributed by atoms with E-state index >= 15 is 0 Å². The van der Waals surface area contributed by atoms with Crippen LogP contribution in [0.1, 0.15) is 27.7 Å². The largest absolute Gasteiger partial charge is 0.350 e.